The predicted molar refractivity (Wildman–Crippen MR) is 71.4 cm³/mol. The molecule has 2 rings (SSSR count). The first kappa shape index (κ1) is 12.9. The number of nitriles is 1. The van der Waals surface area contributed by atoms with Crippen molar-refractivity contribution in [2.24, 2.45) is 0 Å². The second-order valence-corrected chi connectivity index (χ2v) is 6.93. The molecule has 1 saturated heterocycles. The largest absolute Gasteiger partial charge is 0.369 e. The van der Waals surface area contributed by atoms with E-state index in [0.717, 1.165) is 11.3 Å². The van der Waals surface area contributed by atoms with Crippen LogP contribution in [0.2, 0.25) is 0 Å². The Labute approximate surface area is 108 Å². The van der Waals surface area contributed by atoms with Crippen molar-refractivity contribution in [3.05, 3.63) is 29.3 Å². The van der Waals surface area contributed by atoms with Crippen molar-refractivity contribution in [1.29, 1.82) is 5.26 Å². The molecule has 0 bridgehead atoms. The normalized spacial score (nSPS) is 19.0. The number of hydrogen-bond acceptors (Lipinski definition) is 4. The van der Waals surface area contributed by atoms with Gasteiger partial charge in [-0.25, -0.2) is 8.42 Å². The quantitative estimate of drug-likeness (QED) is 0.771. The van der Waals surface area contributed by atoms with Gasteiger partial charge in [0.25, 0.3) is 0 Å². The topological polar surface area (TPSA) is 61.2 Å². The fraction of sp³-hybridized carbons (Fsp3) is 0.462. The maximum Gasteiger partial charge on any atom is 0.152 e. The van der Waals surface area contributed by atoms with E-state index in [1.54, 1.807) is 6.07 Å². The molecule has 1 fully saturated rings. The van der Waals surface area contributed by atoms with E-state index in [0.29, 0.717) is 25.1 Å². The molecule has 0 atom stereocenters. The van der Waals surface area contributed by atoms with Crippen LogP contribution in [0.4, 0.5) is 5.69 Å². The van der Waals surface area contributed by atoms with Gasteiger partial charge in [-0.05, 0) is 31.0 Å². The van der Waals surface area contributed by atoms with Crippen LogP contribution in [0, 0.1) is 18.3 Å². The van der Waals surface area contributed by atoms with E-state index in [2.05, 4.69) is 6.07 Å². The van der Waals surface area contributed by atoms with E-state index < -0.39 is 9.84 Å². The maximum atomic E-state index is 11.6. The molecule has 1 aliphatic heterocycles. The summed E-state index contributed by atoms with van der Waals surface area (Å²) in [5.74, 6) is 0.420. The first-order valence-electron chi connectivity index (χ1n) is 5.98. The lowest BCUT2D eigenvalue weighted by Gasteiger charge is -2.23. The van der Waals surface area contributed by atoms with Gasteiger partial charge in [0.2, 0.25) is 0 Å². The minimum Gasteiger partial charge on any atom is -0.369 e. The molecular formula is C13H16N2O2S. The minimum absolute atomic E-state index is 0.172. The van der Waals surface area contributed by atoms with Gasteiger partial charge in [-0.1, -0.05) is 6.07 Å². The lowest BCUT2D eigenvalue weighted by Crippen LogP contribution is -2.27. The predicted octanol–water partition coefficient (Wildman–Crippen LogP) is 1.49. The van der Waals surface area contributed by atoms with Gasteiger partial charge < -0.3 is 4.90 Å². The Morgan fingerprint density at radius 3 is 2.78 bits per heavy atom. The molecule has 0 aliphatic carbocycles. The average Bonchev–Trinajstić information content (AvgIpc) is 2.50. The molecular weight excluding hydrogens is 248 g/mol. The van der Waals surface area contributed by atoms with Gasteiger partial charge in [-0.3, -0.25) is 0 Å². The second-order valence-electron chi connectivity index (χ2n) is 4.62. The maximum absolute atomic E-state index is 11.6. The summed E-state index contributed by atoms with van der Waals surface area (Å²) in [5, 5.41) is 9.12. The van der Waals surface area contributed by atoms with E-state index in [1.165, 1.54) is 0 Å². The van der Waals surface area contributed by atoms with Crippen molar-refractivity contribution in [3.8, 4) is 6.07 Å². The van der Waals surface area contributed by atoms with Crippen LogP contribution in [-0.2, 0) is 9.84 Å². The molecule has 1 aromatic rings. The molecule has 4 nitrogen and oxygen atoms in total. The number of aryl methyl sites for hydroxylation is 1. The zero-order valence-electron chi connectivity index (χ0n) is 10.4. The Hall–Kier alpha value is -1.54. The van der Waals surface area contributed by atoms with Gasteiger partial charge in [-0.2, -0.15) is 5.26 Å². The molecule has 18 heavy (non-hydrogen) atoms. The fourth-order valence-electron chi connectivity index (χ4n) is 2.18. The van der Waals surface area contributed by atoms with Crippen LogP contribution in [0.1, 0.15) is 17.5 Å². The van der Waals surface area contributed by atoms with Gasteiger partial charge >= 0.3 is 0 Å². The molecule has 1 aliphatic rings. The van der Waals surface area contributed by atoms with Crippen molar-refractivity contribution < 1.29 is 8.42 Å². The Bertz CT molecular complexity index is 587. The molecule has 0 radical (unpaired) electrons. The number of nitrogens with zero attached hydrogens (tertiary/aromatic N) is 2. The van der Waals surface area contributed by atoms with Crippen LogP contribution in [0.5, 0.6) is 0 Å². The SMILES string of the molecule is Cc1ccc(C#N)c(N2CCCS(=O)(=O)CC2)c1. The Morgan fingerprint density at radius 1 is 1.28 bits per heavy atom. The summed E-state index contributed by atoms with van der Waals surface area (Å²) in [4.78, 5) is 2.01. The highest BCUT2D eigenvalue weighted by atomic mass is 32.2. The summed E-state index contributed by atoms with van der Waals surface area (Å²) in [7, 11) is -2.91. The van der Waals surface area contributed by atoms with Crippen molar-refractivity contribution in [2.75, 3.05) is 29.5 Å². The molecule has 5 heteroatoms. The smallest absolute Gasteiger partial charge is 0.152 e. The summed E-state index contributed by atoms with van der Waals surface area (Å²) in [6.07, 6.45) is 0.626. The Kier molecular flexibility index (Phi) is 3.58. The van der Waals surface area contributed by atoms with Gasteiger partial charge in [0, 0.05) is 13.1 Å². The van der Waals surface area contributed by atoms with Crippen molar-refractivity contribution in [3.63, 3.8) is 0 Å². The lowest BCUT2D eigenvalue weighted by atomic mass is 10.1. The summed E-state index contributed by atoms with van der Waals surface area (Å²) < 4.78 is 23.2. The van der Waals surface area contributed by atoms with Crippen LogP contribution in [0.3, 0.4) is 0 Å². The number of rotatable bonds is 1. The van der Waals surface area contributed by atoms with Gasteiger partial charge in [-0.15, -0.1) is 0 Å². The lowest BCUT2D eigenvalue weighted by molar-refractivity contribution is 0.597. The highest BCUT2D eigenvalue weighted by Gasteiger charge is 2.20. The molecule has 1 heterocycles. The standard InChI is InChI=1S/C13H16N2O2S/c1-11-3-4-12(10-14)13(9-11)15-5-2-7-18(16,17)8-6-15/h3-4,9H,2,5-8H2,1H3. The highest BCUT2D eigenvalue weighted by Crippen LogP contribution is 2.23. The molecule has 0 N–H and O–H groups in total. The summed E-state index contributed by atoms with van der Waals surface area (Å²) in [6, 6.07) is 7.82. The van der Waals surface area contributed by atoms with E-state index >= 15 is 0 Å². The van der Waals surface area contributed by atoms with Gasteiger partial charge in [0.15, 0.2) is 9.84 Å². The molecule has 0 amide bonds. The van der Waals surface area contributed by atoms with E-state index in [-0.39, 0.29) is 11.5 Å². The van der Waals surface area contributed by atoms with Gasteiger partial charge in [0.1, 0.15) is 6.07 Å². The molecule has 96 valence electrons. The van der Waals surface area contributed by atoms with Crippen molar-refractivity contribution >= 4 is 15.5 Å². The highest BCUT2D eigenvalue weighted by molar-refractivity contribution is 7.91. The van der Waals surface area contributed by atoms with E-state index in [9.17, 15) is 8.42 Å². The monoisotopic (exact) mass is 264 g/mol. The Balaban J connectivity index is 2.32. The summed E-state index contributed by atoms with van der Waals surface area (Å²) in [5.41, 5.74) is 2.55. The summed E-state index contributed by atoms with van der Waals surface area (Å²) >= 11 is 0. The first-order valence-corrected chi connectivity index (χ1v) is 7.80. The third kappa shape index (κ3) is 2.82. The zero-order valence-corrected chi connectivity index (χ0v) is 11.2. The fourth-order valence-corrected chi connectivity index (χ4v) is 3.45. The van der Waals surface area contributed by atoms with E-state index in [4.69, 9.17) is 5.26 Å². The third-order valence-electron chi connectivity index (χ3n) is 3.17. The molecule has 0 unspecified atom stereocenters. The number of benzene rings is 1. The third-order valence-corrected chi connectivity index (χ3v) is 4.89. The Morgan fingerprint density at radius 2 is 2.06 bits per heavy atom. The zero-order chi connectivity index (χ0) is 13.2. The number of anilines is 1. The summed E-state index contributed by atoms with van der Waals surface area (Å²) in [6.45, 7) is 3.14. The average molecular weight is 264 g/mol. The van der Waals surface area contributed by atoms with Crippen LogP contribution < -0.4 is 4.90 Å². The van der Waals surface area contributed by atoms with Crippen molar-refractivity contribution in [2.45, 2.75) is 13.3 Å². The molecule has 0 saturated carbocycles. The second kappa shape index (κ2) is 4.99. The van der Waals surface area contributed by atoms with Crippen LogP contribution in [0.15, 0.2) is 18.2 Å². The number of sulfone groups is 1. The van der Waals surface area contributed by atoms with Crippen molar-refractivity contribution in [1.82, 2.24) is 0 Å². The van der Waals surface area contributed by atoms with E-state index in [1.807, 2.05) is 24.0 Å². The van der Waals surface area contributed by atoms with Gasteiger partial charge in [0.05, 0.1) is 22.8 Å². The molecule has 0 aromatic heterocycles. The van der Waals surface area contributed by atoms with Crippen LogP contribution in [0.25, 0.3) is 0 Å². The molecule has 0 spiro atoms. The minimum atomic E-state index is -2.91. The number of hydrogen-bond donors (Lipinski definition) is 0. The van der Waals surface area contributed by atoms with Crippen LogP contribution in [-0.4, -0.2) is 33.0 Å². The van der Waals surface area contributed by atoms with Crippen LogP contribution >= 0.6 is 0 Å². The molecule has 1 aromatic carbocycles. The first-order chi connectivity index (χ1) is 8.52.